The van der Waals surface area contributed by atoms with E-state index < -0.39 is 0 Å². The van der Waals surface area contributed by atoms with Crippen molar-refractivity contribution in [3.63, 3.8) is 0 Å². The molecule has 0 atom stereocenters. The normalized spacial score (nSPS) is 11.2. The topological polar surface area (TPSA) is 59.3 Å². The Hall–Kier alpha value is -3.19. The molecule has 7 heteroatoms. The highest BCUT2D eigenvalue weighted by atomic mass is 32.2. The van der Waals surface area contributed by atoms with E-state index in [0.717, 1.165) is 45.8 Å². The Bertz CT molecular complexity index is 1310. The van der Waals surface area contributed by atoms with Crippen LogP contribution in [0.1, 0.15) is 34.6 Å². The lowest BCUT2D eigenvalue weighted by Gasteiger charge is -2.12. The van der Waals surface area contributed by atoms with Gasteiger partial charge < -0.3 is 5.32 Å². The highest BCUT2D eigenvalue weighted by Crippen LogP contribution is 2.29. The molecule has 0 bridgehead atoms. The predicted molar refractivity (Wildman–Crippen MR) is 136 cm³/mol. The molecular formula is C27H29FN4OS. The first-order valence-corrected chi connectivity index (χ1v) is 12.6. The monoisotopic (exact) mass is 476 g/mol. The van der Waals surface area contributed by atoms with Gasteiger partial charge in [-0.1, -0.05) is 24.3 Å². The number of hydrogen-bond donors (Lipinski definition) is 1. The zero-order valence-electron chi connectivity index (χ0n) is 20.0. The summed E-state index contributed by atoms with van der Waals surface area (Å²) in [5.74, 6) is -0.240. The van der Waals surface area contributed by atoms with E-state index in [2.05, 4.69) is 35.8 Å². The first kappa shape index (κ1) is 24.0. The Morgan fingerprint density at radius 1 is 1.00 bits per heavy atom. The van der Waals surface area contributed by atoms with Gasteiger partial charge in [0.2, 0.25) is 5.91 Å². The summed E-state index contributed by atoms with van der Waals surface area (Å²) in [6, 6.07) is 14.8. The molecule has 2 heterocycles. The summed E-state index contributed by atoms with van der Waals surface area (Å²) >= 11 is 1.72. The summed E-state index contributed by atoms with van der Waals surface area (Å²) in [5, 5.41) is 7.72. The van der Waals surface area contributed by atoms with Crippen molar-refractivity contribution < 1.29 is 9.18 Å². The second-order valence-corrected chi connectivity index (χ2v) is 9.29. The lowest BCUT2D eigenvalue weighted by molar-refractivity contribution is -0.121. The van der Waals surface area contributed by atoms with Gasteiger partial charge in [0.25, 0.3) is 0 Å². The van der Waals surface area contributed by atoms with E-state index in [-0.39, 0.29) is 11.7 Å². The van der Waals surface area contributed by atoms with E-state index in [1.165, 1.54) is 22.6 Å². The molecule has 0 fully saturated rings. The highest BCUT2D eigenvalue weighted by molar-refractivity contribution is 7.98. The van der Waals surface area contributed by atoms with Crippen molar-refractivity contribution >= 4 is 23.3 Å². The van der Waals surface area contributed by atoms with Crippen LogP contribution >= 0.6 is 11.8 Å². The minimum absolute atomic E-state index is 0.0308. The number of fused-ring (bicyclic) bond motifs is 1. The van der Waals surface area contributed by atoms with Crippen LogP contribution in [0.25, 0.3) is 16.8 Å². The quantitative estimate of drug-likeness (QED) is 0.343. The Kier molecular flexibility index (Phi) is 7.32. The number of halogens is 1. The van der Waals surface area contributed by atoms with Crippen LogP contribution in [0.5, 0.6) is 0 Å². The molecule has 2 aromatic heterocycles. The van der Waals surface area contributed by atoms with Gasteiger partial charge in [-0.25, -0.2) is 13.9 Å². The van der Waals surface area contributed by atoms with Crippen molar-refractivity contribution in [2.24, 2.45) is 0 Å². The van der Waals surface area contributed by atoms with Gasteiger partial charge >= 0.3 is 0 Å². The van der Waals surface area contributed by atoms with Gasteiger partial charge in [0, 0.05) is 34.8 Å². The van der Waals surface area contributed by atoms with Crippen LogP contribution in [-0.2, 0) is 17.6 Å². The van der Waals surface area contributed by atoms with Gasteiger partial charge in [0.05, 0.1) is 5.69 Å². The molecule has 0 spiro atoms. The molecule has 0 aliphatic rings. The van der Waals surface area contributed by atoms with E-state index >= 15 is 0 Å². The molecule has 2 aromatic carbocycles. The maximum atomic E-state index is 13.4. The number of carbonyl (C=O) groups is 1. The number of rotatable bonds is 8. The van der Waals surface area contributed by atoms with Crippen molar-refractivity contribution in [1.29, 1.82) is 0 Å². The number of nitrogens with one attached hydrogen (secondary N) is 1. The second-order valence-electron chi connectivity index (χ2n) is 8.41. The predicted octanol–water partition coefficient (Wildman–Crippen LogP) is 5.47. The van der Waals surface area contributed by atoms with Crippen molar-refractivity contribution in [3.05, 3.63) is 82.6 Å². The summed E-state index contributed by atoms with van der Waals surface area (Å²) in [5.41, 5.74) is 7.47. The molecule has 0 aliphatic carbocycles. The maximum absolute atomic E-state index is 13.4. The van der Waals surface area contributed by atoms with E-state index in [1.807, 2.05) is 25.3 Å². The standard InChI is InChI=1S/C27H29FN4OS/c1-17-24(13-14-25(33)29-16-15-20-5-11-23(34-4)12-6-20)19(3)32-27(30-17)26(18(2)31-32)21-7-9-22(28)10-8-21/h5-12H,13-16H2,1-4H3,(H,29,33). The maximum Gasteiger partial charge on any atom is 0.220 e. The van der Waals surface area contributed by atoms with Crippen LogP contribution in [0, 0.1) is 26.6 Å². The van der Waals surface area contributed by atoms with Gasteiger partial charge in [-0.3, -0.25) is 4.79 Å². The highest BCUT2D eigenvalue weighted by Gasteiger charge is 2.18. The Morgan fingerprint density at radius 2 is 1.71 bits per heavy atom. The molecule has 5 nitrogen and oxygen atoms in total. The zero-order chi connectivity index (χ0) is 24.2. The summed E-state index contributed by atoms with van der Waals surface area (Å²) in [4.78, 5) is 18.5. The van der Waals surface area contributed by atoms with E-state index in [0.29, 0.717) is 19.4 Å². The van der Waals surface area contributed by atoms with Gasteiger partial charge in [0.15, 0.2) is 5.65 Å². The lowest BCUT2D eigenvalue weighted by atomic mass is 10.0. The molecular weight excluding hydrogens is 447 g/mol. The summed E-state index contributed by atoms with van der Waals surface area (Å²) in [6.07, 6.45) is 3.86. The number of benzene rings is 2. The smallest absolute Gasteiger partial charge is 0.220 e. The molecule has 0 aliphatic heterocycles. The Labute approximate surface area is 203 Å². The van der Waals surface area contributed by atoms with Gasteiger partial charge in [0.1, 0.15) is 5.82 Å². The van der Waals surface area contributed by atoms with Crippen molar-refractivity contribution in [1.82, 2.24) is 19.9 Å². The second kappa shape index (κ2) is 10.4. The van der Waals surface area contributed by atoms with E-state index in [1.54, 1.807) is 23.9 Å². The molecule has 4 rings (SSSR count). The molecule has 176 valence electrons. The molecule has 1 amide bonds. The SMILES string of the molecule is CSc1ccc(CCNC(=O)CCc2c(C)nc3c(-c4ccc(F)cc4)c(C)nn3c2C)cc1. The van der Waals surface area contributed by atoms with Crippen molar-refractivity contribution in [3.8, 4) is 11.1 Å². The average molecular weight is 477 g/mol. The lowest BCUT2D eigenvalue weighted by Crippen LogP contribution is -2.26. The van der Waals surface area contributed by atoms with Crippen LogP contribution in [0.15, 0.2) is 53.4 Å². The molecule has 0 saturated carbocycles. The third-order valence-electron chi connectivity index (χ3n) is 6.13. The molecule has 0 unspecified atom stereocenters. The van der Waals surface area contributed by atoms with Crippen LogP contribution in [0.3, 0.4) is 0 Å². The minimum atomic E-state index is -0.271. The summed E-state index contributed by atoms with van der Waals surface area (Å²) in [7, 11) is 0. The van der Waals surface area contributed by atoms with Crippen molar-refractivity contribution in [2.75, 3.05) is 12.8 Å². The molecule has 34 heavy (non-hydrogen) atoms. The van der Waals surface area contributed by atoms with Gasteiger partial charge in [-0.2, -0.15) is 5.10 Å². The third-order valence-corrected chi connectivity index (χ3v) is 6.87. The molecule has 4 aromatic rings. The van der Waals surface area contributed by atoms with Gasteiger partial charge in [-0.05, 0) is 80.8 Å². The average Bonchev–Trinajstić information content (AvgIpc) is 3.16. The fraction of sp³-hybridized carbons (Fsp3) is 0.296. The summed E-state index contributed by atoms with van der Waals surface area (Å²) in [6.45, 7) is 6.53. The first-order chi connectivity index (χ1) is 16.4. The fourth-order valence-electron chi connectivity index (χ4n) is 4.25. The fourth-order valence-corrected chi connectivity index (χ4v) is 4.66. The van der Waals surface area contributed by atoms with Crippen molar-refractivity contribution in [2.45, 2.75) is 44.9 Å². The largest absolute Gasteiger partial charge is 0.356 e. The van der Waals surface area contributed by atoms with E-state index in [9.17, 15) is 9.18 Å². The number of aryl methyl sites for hydroxylation is 3. The van der Waals surface area contributed by atoms with Crippen LogP contribution in [0.2, 0.25) is 0 Å². The number of carbonyl (C=O) groups excluding carboxylic acids is 1. The number of thioether (sulfide) groups is 1. The minimum Gasteiger partial charge on any atom is -0.356 e. The Morgan fingerprint density at radius 3 is 2.38 bits per heavy atom. The Balaban J connectivity index is 1.43. The molecule has 1 N–H and O–H groups in total. The van der Waals surface area contributed by atoms with Crippen LogP contribution in [-0.4, -0.2) is 33.3 Å². The van der Waals surface area contributed by atoms with Gasteiger partial charge in [-0.15, -0.1) is 11.8 Å². The number of amides is 1. The summed E-state index contributed by atoms with van der Waals surface area (Å²) < 4.78 is 15.2. The number of aromatic nitrogens is 3. The number of nitrogens with zero attached hydrogens (tertiary/aromatic N) is 3. The van der Waals surface area contributed by atoms with E-state index in [4.69, 9.17) is 10.1 Å². The van der Waals surface area contributed by atoms with Crippen LogP contribution in [0.4, 0.5) is 4.39 Å². The first-order valence-electron chi connectivity index (χ1n) is 11.4. The molecule has 0 radical (unpaired) electrons. The van der Waals surface area contributed by atoms with Crippen LogP contribution < -0.4 is 5.32 Å². The molecule has 0 saturated heterocycles. The number of hydrogen-bond acceptors (Lipinski definition) is 4. The third kappa shape index (κ3) is 5.14. The zero-order valence-corrected chi connectivity index (χ0v) is 20.8.